The summed E-state index contributed by atoms with van der Waals surface area (Å²) in [6.07, 6.45) is 11.5. The van der Waals surface area contributed by atoms with Gasteiger partial charge in [-0.1, -0.05) is 96.5 Å². The van der Waals surface area contributed by atoms with Crippen molar-refractivity contribution in [1.29, 1.82) is 0 Å². The number of rotatable bonds is 18. The van der Waals surface area contributed by atoms with E-state index in [9.17, 15) is 19.2 Å². The Morgan fingerprint density at radius 2 is 1.06 bits per heavy atom. The Labute approximate surface area is 496 Å². The van der Waals surface area contributed by atoms with Crippen molar-refractivity contribution in [3.8, 4) is 0 Å². The summed E-state index contributed by atoms with van der Waals surface area (Å²) in [5.74, 6) is 0.387. The van der Waals surface area contributed by atoms with Crippen LogP contribution in [0.1, 0.15) is 115 Å². The second-order valence-electron chi connectivity index (χ2n) is 22.1. The summed E-state index contributed by atoms with van der Waals surface area (Å²) in [6.45, 7) is 11.8. The quantitative estimate of drug-likeness (QED) is 0.0670. The van der Waals surface area contributed by atoms with Crippen molar-refractivity contribution in [1.82, 2.24) is 40.9 Å². The Morgan fingerprint density at radius 1 is 0.588 bits per heavy atom. The minimum Gasteiger partial charge on any atom is -0.350 e. The van der Waals surface area contributed by atoms with Crippen molar-refractivity contribution in [2.75, 3.05) is 72.0 Å². The third kappa shape index (κ3) is 16.7. The molecule has 0 bridgehead atoms. The third-order valence-corrected chi connectivity index (χ3v) is 18.2. The van der Waals surface area contributed by atoms with Gasteiger partial charge in [0.1, 0.15) is 0 Å². The lowest BCUT2D eigenvalue weighted by Crippen LogP contribution is -2.50. The van der Waals surface area contributed by atoms with Gasteiger partial charge >= 0.3 is 0 Å². The van der Waals surface area contributed by atoms with Crippen LogP contribution in [0.2, 0.25) is 20.1 Å². The molecule has 4 amide bonds. The number of carbonyl (C=O) groups excluding carboxylic acids is 4. The number of fused-ring (bicyclic) bond motifs is 2. The molecule has 4 N–H and O–H groups in total. The van der Waals surface area contributed by atoms with Crippen molar-refractivity contribution < 1.29 is 19.2 Å². The molecule has 4 aliphatic heterocycles. The smallest absolute Gasteiger partial charge is 0.251 e. The first-order valence-electron chi connectivity index (χ1n) is 28.8. The second kappa shape index (κ2) is 29.4. The van der Waals surface area contributed by atoms with Crippen LogP contribution in [0.25, 0.3) is 21.5 Å². The van der Waals surface area contributed by atoms with E-state index in [-0.39, 0.29) is 47.8 Å². The number of hydrogen-bond donors (Lipinski definition) is 4. The van der Waals surface area contributed by atoms with Crippen LogP contribution in [0.15, 0.2) is 108 Å². The number of likely N-dealkylation sites (tertiary alicyclic amines) is 2. The van der Waals surface area contributed by atoms with Gasteiger partial charge in [0.25, 0.3) is 11.8 Å². The van der Waals surface area contributed by atoms with Crippen molar-refractivity contribution >= 4 is 103 Å². The van der Waals surface area contributed by atoms with E-state index in [1.807, 2.05) is 83.8 Å². The maximum absolute atomic E-state index is 13.8. The minimum absolute atomic E-state index is 0.0322. The van der Waals surface area contributed by atoms with Crippen LogP contribution in [0.4, 0.5) is 0 Å². The fraction of sp³-hybridized carbons (Fsp3) is 0.460. The van der Waals surface area contributed by atoms with Gasteiger partial charge in [-0.05, 0) is 194 Å². The van der Waals surface area contributed by atoms with E-state index in [4.69, 9.17) is 46.4 Å². The molecule has 10 rings (SSSR count). The van der Waals surface area contributed by atoms with Gasteiger partial charge in [-0.15, -0.1) is 0 Å². The highest BCUT2D eigenvalue weighted by Crippen LogP contribution is 2.28. The van der Waals surface area contributed by atoms with E-state index in [2.05, 4.69) is 59.7 Å². The van der Waals surface area contributed by atoms with Gasteiger partial charge < -0.3 is 40.9 Å². The molecule has 0 aliphatic carbocycles. The highest BCUT2D eigenvalue weighted by Gasteiger charge is 2.34. The number of nitrogens with zero attached hydrogens (tertiary/aromatic N) is 4. The number of benzene rings is 5. The topological polar surface area (TPSA) is 129 Å². The summed E-state index contributed by atoms with van der Waals surface area (Å²) in [4.78, 5) is 62.6. The lowest BCUT2D eigenvalue weighted by Gasteiger charge is -2.31. The fourth-order valence-corrected chi connectivity index (χ4v) is 13.2. The number of carbonyl (C=O) groups is 4. The Kier molecular flexibility index (Phi) is 22.0. The monoisotopic (exact) mass is 1180 g/mol. The summed E-state index contributed by atoms with van der Waals surface area (Å²) in [5, 5.41) is 24.2. The Balaban J connectivity index is 0.000000194. The predicted molar refractivity (Wildman–Crippen MR) is 329 cm³/mol. The van der Waals surface area contributed by atoms with Gasteiger partial charge in [0.2, 0.25) is 11.8 Å². The largest absolute Gasteiger partial charge is 0.350 e. The summed E-state index contributed by atoms with van der Waals surface area (Å²) >= 11 is 26.5. The molecule has 17 heteroatoms. The van der Waals surface area contributed by atoms with Crippen LogP contribution < -0.4 is 21.3 Å². The van der Waals surface area contributed by atoms with E-state index in [1.54, 1.807) is 23.5 Å². The maximum Gasteiger partial charge on any atom is 0.251 e. The molecule has 80 heavy (non-hydrogen) atoms. The number of nitrogens with one attached hydrogen (secondary N) is 4. The molecule has 1 unspecified atom stereocenters. The molecule has 4 aliphatic rings. The molecule has 5 heterocycles. The van der Waals surface area contributed by atoms with Crippen molar-refractivity contribution in [3.63, 3.8) is 0 Å². The van der Waals surface area contributed by atoms with E-state index in [0.717, 1.165) is 98.6 Å². The van der Waals surface area contributed by atoms with Gasteiger partial charge in [-0.25, -0.2) is 0 Å². The van der Waals surface area contributed by atoms with E-state index < -0.39 is 0 Å². The first-order chi connectivity index (χ1) is 38.8. The van der Waals surface area contributed by atoms with Gasteiger partial charge in [0.05, 0.1) is 12.1 Å². The normalized spacial score (nSPS) is 20.9. The standard InChI is InChI=1S/C32H41ClN4O2S.C31H35Cl3N4O2/c1-2-23(27-12-17-40-22-27)21-37-16-10-29(35-30(32(37)39)11-15-36-13-4-3-5-14-36)20-34-31(38)26-7-6-25-19-28(33)9-8-24(25)18-26;32-25-8-6-21-16-23(5-4-22(21)17-25)30(39)35-19-27-10-15-38(20-24-7-9-26(33)18-28(24)34)31(40)29(36-27)11-14-37-12-2-1-3-13-37/h6-9,12,17-19,22-23,29-30,35H,2-5,10-11,13-16,20-21H2,1H3,(H,34,38);4-9,16-18,27,29,36H,1-3,10-15,19-20H2,(H,35,39)/t23?,29-,30-;27-,29-/m00/s1. The molecule has 0 radical (unpaired) electrons. The molecular weight excluding hydrogens is 1110 g/mol. The SMILES string of the molecule is CCC(CN1CC[C@@H](CNC(=O)c2ccc3cc(Cl)ccc3c2)N[C@@H](CCN2CCCCC2)C1=O)c1ccsc1.O=C(NC[C@@H]1CCN(Cc2ccc(Cl)cc2Cl)C(=O)[C@H](CCN2CCCCC2)N1)c1ccc2cc(Cl)ccc2c1. The Morgan fingerprint density at radius 3 is 1.56 bits per heavy atom. The second-order valence-corrected chi connectivity index (χ2v) is 24.6. The summed E-state index contributed by atoms with van der Waals surface area (Å²) < 4.78 is 0. The van der Waals surface area contributed by atoms with Gasteiger partial charge in [-0.3, -0.25) is 19.2 Å². The summed E-state index contributed by atoms with van der Waals surface area (Å²) in [5.41, 5.74) is 3.42. The van der Waals surface area contributed by atoms with Crippen LogP contribution >= 0.6 is 57.7 Å². The van der Waals surface area contributed by atoms with Crippen molar-refractivity contribution in [2.24, 2.45) is 0 Å². The Hall–Kier alpha value is -4.80. The number of hydrogen-bond acceptors (Lipinski definition) is 9. The molecule has 4 fully saturated rings. The van der Waals surface area contributed by atoms with Crippen LogP contribution in [-0.2, 0) is 16.1 Å². The van der Waals surface area contributed by atoms with Crippen LogP contribution in [0.3, 0.4) is 0 Å². The first-order valence-corrected chi connectivity index (χ1v) is 31.3. The van der Waals surface area contributed by atoms with Gasteiger partial charge in [-0.2, -0.15) is 11.3 Å². The van der Waals surface area contributed by atoms with Crippen molar-refractivity contribution in [3.05, 3.63) is 150 Å². The molecule has 5 atom stereocenters. The predicted octanol–water partition coefficient (Wildman–Crippen LogP) is 12.1. The third-order valence-electron chi connectivity index (χ3n) is 16.4. The van der Waals surface area contributed by atoms with Crippen LogP contribution in [0.5, 0.6) is 0 Å². The molecule has 5 aromatic carbocycles. The maximum atomic E-state index is 13.8. The zero-order valence-corrected chi connectivity index (χ0v) is 49.7. The molecule has 6 aromatic rings. The fourth-order valence-electron chi connectivity index (χ4n) is 11.7. The zero-order valence-electron chi connectivity index (χ0n) is 45.9. The average Bonchev–Trinajstić information content (AvgIpc) is 4.00. The van der Waals surface area contributed by atoms with Gasteiger partial charge in [0.15, 0.2) is 0 Å². The molecule has 1 aromatic heterocycles. The molecule has 12 nitrogen and oxygen atoms in total. The number of halogens is 4. The average molecular weight is 1180 g/mol. The number of amides is 4. The van der Waals surface area contributed by atoms with E-state index >= 15 is 0 Å². The van der Waals surface area contributed by atoms with Crippen molar-refractivity contribution in [2.45, 2.75) is 114 Å². The molecule has 426 valence electrons. The summed E-state index contributed by atoms with van der Waals surface area (Å²) in [7, 11) is 0. The zero-order chi connectivity index (χ0) is 56.0. The lowest BCUT2D eigenvalue weighted by atomic mass is 9.98. The molecule has 0 spiro atoms. The Bertz CT molecular complexity index is 3040. The first kappa shape index (κ1) is 59.8. The van der Waals surface area contributed by atoms with Gasteiger partial charge in [0, 0.05) is 102 Å². The molecule has 4 saturated heterocycles. The molecular formula is C63H76Cl4N8O4S. The highest BCUT2D eigenvalue weighted by atomic mass is 35.5. The highest BCUT2D eigenvalue weighted by molar-refractivity contribution is 7.08. The number of piperidine rings is 2. The van der Waals surface area contributed by atoms with Crippen LogP contribution in [-0.4, -0.2) is 139 Å². The lowest BCUT2D eigenvalue weighted by molar-refractivity contribution is -0.134. The molecule has 0 saturated carbocycles. The van der Waals surface area contributed by atoms with E-state index in [0.29, 0.717) is 76.3 Å². The minimum atomic E-state index is -0.331. The number of thiophene rings is 1. The van der Waals surface area contributed by atoms with E-state index in [1.165, 1.54) is 44.1 Å². The summed E-state index contributed by atoms with van der Waals surface area (Å²) in [6, 6.07) is 29.6. The van der Waals surface area contributed by atoms with Crippen LogP contribution in [0, 0.1) is 0 Å².